The van der Waals surface area contributed by atoms with Gasteiger partial charge in [-0.25, -0.2) is 10.4 Å². The zero-order valence-electron chi connectivity index (χ0n) is 16.8. The average Bonchev–Trinajstić information content (AvgIpc) is 3.15. The molecule has 0 spiro atoms. The summed E-state index contributed by atoms with van der Waals surface area (Å²) in [6.45, 7) is 4.10. The van der Waals surface area contributed by atoms with Crippen molar-refractivity contribution < 1.29 is 20.1 Å². The molecule has 8 heteroatoms. The van der Waals surface area contributed by atoms with E-state index in [1.54, 1.807) is 24.3 Å². The Morgan fingerprint density at radius 3 is 2.32 bits per heavy atom. The van der Waals surface area contributed by atoms with Crippen LogP contribution in [0.5, 0.6) is 17.2 Å². The van der Waals surface area contributed by atoms with Gasteiger partial charge in [-0.1, -0.05) is 12.1 Å². The SMILES string of the molecule is Cc1cc2nc(-c3ccc(C(=O)N/N=C/c4cc(O)c(O)c(O)c4)cc3)[nH]c2cc1C. The second-order valence-electron chi connectivity index (χ2n) is 7.22. The number of aromatic nitrogens is 2. The van der Waals surface area contributed by atoms with Crippen LogP contribution in [0.15, 0.2) is 53.6 Å². The number of phenolic OH excluding ortho intramolecular Hbond substituents is 3. The summed E-state index contributed by atoms with van der Waals surface area (Å²) in [4.78, 5) is 20.2. The number of hydrogen-bond acceptors (Lipinski definition) is 6. The number of benzene rings is 3. The van der Waals surface area contributed by atoms with Crippen LogP contribution in [0.1, 0.15) is 27.0 Å². The third-order valence-electron chi connectivity index (χ3n) is 4.99. The lowest BCUT2D eigenvalue weighted by molar-refractivity contribution is 0.0955. The molecule has 1 heterocycles. The van der Waals surface area contributed by atoms with Gasteiger partial charge in [-0.15, -0.1) is 0 Å². The summed E-state index contributed by atoms with van der Waals surface area (Å²) in [6, 6.07) is 13.4. The predicted octanol–water partition coefficient (Wildman–Crippen LogP) is 3.73. The molecule has 31 heavy (non-hydrogen) atoms. The number of hydrogen-bond donors (Lipinski definition) is 5. The molecule has 4 rings (SSSR count). The Kier molecular flexibility index (Phi) is 5.04. The number of aryl methyl sites for hydroxylation is 2. The van der Waals surface area contributed by atoms with Gasteiger partial charge in [0.15, 0.2) is 17.2 Å². The zero-order valence-corrected chi connectivity index (χ0v) is 16.8. The first kappa shape index (κ1) is 20.0. The van der Waals surface area contributed by atoms with Gasteiger partial charge in [0.2, 0.25) is 0 Å². The first-order chi connectivity index (χ1) is 14.8. The third-order valence-corrected chi connectivity index (χ3v) is 4.99. The molecule has 0 saturated heterocycles. The van der Waals surface area contributed by atoms with Crippen molar-refractivity contribution in [2.24, 2.45) is 5.10 Å². The van der Waals surface area contributed by atoms with Gasteiger partial charge in [0.25, 0.3) is 5.91 Å². The standard InChI is InChI=1S/C23H20N4O4/c1-12-7-17-18(8-13(12)2)26-22(25-17)15-3-5-16(6-4-15)23(31)27-24-11-14-9-19(28)21(30)20(29)10-14/h3-11,28-30H,1-2H3,(H,25,26)(H,27,31)/b24-11+. The molecule has 0 bridgehead atoms. The number of rotatable bonds is 4. The summed E-state index contributed by atoms with van der Waals surface area (Å²) in [7, 11) is 0. The molecule has 0 fully saturated rings. The maximum atomic E-state index is 12.3. The van der Waals surface area contributed by atoms with Crippen LogP contribution in [0.4, 0.5) is 0 Å². The van der Waals surface area contributed by atoms with Crippen molar-refractivity contribution in [3.05, 3.63) is 70.8 Å². The van der Waals surface area contributed by atoms with Gasteiger partial charge in [-0.05, 0) is 61.4 Å². The molecule has 0 atom stereocenters. The van der Waals surface area contributed by atoms with E-state index in [0.717, 1.165) is 22.4 Å². The largest absolute Gasteiger partial charge is 0.504 e. The minimum absolute atomic E-state index is 0.304. The minimum atomic E-state index is -0.615. The fourth-order valence-corrected chi connectivity index (χ4v) is 3.12. The Morgan fingerprint density at radius 2 is 1.65 bits per heavy atom. The van der Waals surface area contributed by atoms with Crippen LogP contribution < -0.4 is 5.43 Å². The number of aromatic amines is 1. The molecule has 0 unspecified atom stereocenters. The van der Waals surface area contributed by atoms with Crippen molar-refractivity contribution in [1.82, 2.24) is 15.4 Å². The number of hydrazone groups is 1. The van der Waals surface area contributed by atoms with Crippen molar-refractivity contribution >= 4 is 23.2 Å². The topological polar surface area (TPSA) is 131 Å². The lowest BCUT2D eigenvalue weighted by atomic mass is 10.1. The molecule has 8 nitrogen and oxygen atoms in total. The van der Waals surface area contributed by atoms with Crippen molar-refractivity contribution in [3.63, 3.8) is 0 Å². The van der Waals surface area contributed by atoms with Gasteiger partial charge < -0.3 is 20.3 Å². The molecule has 156 valence electrons. The summed E-state index contributed by atoms with van der Waals surface area (Å²) >= 11 is 0. The molecule has 3 aromatic carbocycles. The fourth-order valence-electron chi connectivity index (χ4n) is 3.12. The van der Waals surface area contributed by atoms with Gasteiger partial charge in [0.1, 0.15) is 5.82 Å². The highest BCUT2D eigenvalue weighted by Crippen LogP contribution is 2.34. The third kappa shape index (κ3) is 4.04. The number of imidazole rings is 1. The monoisotopic (exact) mass is 416 g/mol. The quantitative estimate of drug-likeness (QED) is 0.197. The molecule has 0 radical (unpaired) electrons. The normalized spacial score (nSPS) is 11.3. The Bertz CT molecular complexity index is 1260. The summed E-state index contributed by atoms with van der Waals surface area (Å²) in [5.74, 6) is -1.29. The zero-order chi connectivity index (χ0) is 22.1. The number of carbonyl (C=O) groups is 1. The highest BCUT2D eigenvalue weighted by Gasteiger charge is 2.10. The fraction of sp³-hybridized carbons (Fsp3) is 0.0870. The average molecular weight is 416 g/mol. The second kappa shape index (κ2) is 7.83. The molecular formula is C23H20N4O4. The van der Waals surface area contributed by atoms with Gasteiger partial charge in [-0.3, -0.25) is 4.79 Å². The van der Waals surface area contributed by atoms with Gasteiger partial charge in [0, 0.05) is 16.7 Å². The Balaban J connectivity index is 1.47. The van der Waals surface area contributed by atoms with Gasteiger partial charge in [0.05, 0.1) is 17.2 Å². The van der Waals surface area contributed by atoms with Crippen LogP contribution in [0.2, 0.25) is 0 Å². The number of nitrogens with zero attached hydrogens (tertiary/aromatic N) is 2. The van der Waals surface area contributed by atoms with Crippen LogP contribution >= 0.6 is 0 Å². The van der Waals surface area contributed by atoms with Crippen molar-refractivity contribution in [3.8, 4) is 28.6 Å². The summed E-state index contributed by atoms with van der Waals surface area (Å²) in [5, 5.41) is 32.1. The Hall–Kier alpha value is -4.33. The van der Waals surface area contributed by atoms with E-state index >= 15 is 0 Å². The highest BCUT2D eigenvalue weighted by atomic mass is 16.3. The number of nitrogens with one attached hydrogen (secondary N) is 2. The lowest BCUT2D eigenvalue weighted by Crippen LogP contribution is -2.17. The number of carbonyl (C=O) groups excluding carboxylic acids is 1. The number of H-pyrrole nitrogens is 1. The van der Waals surface area contributed by atoms with Gasteiger partial charge in [-0.2, -0.15) is 5.10 Å². The molecule has 0 aliphatic carbocycles. The van der Waals surface area contributed by atoms with E-state index < -0.39 is 23.2 Å². The van der Waals surface area contributed by atoms with Gasteiger partial charge >= 0.3 is 0 Å². The molecule has 0 aliphatic heterocycles. The second-order valence-corrected chi connectivity index (χ2v) is 7.22. The summed E-state index contributed by atoms with van der Waals surface area (Å²) in [6.07, 6.45) is 1.24. The van der Waals surface area contributed by atoms with Crippen molar-refractivity contribution in [1.29, 1.82) is 0 Å². The Labute approximate surface area is 177 Å². The first-order valence-electron chi connectivity index (χ1n) is 9.47. The number of amides is 1. The summed E-state index contributed by atoms with van der Waals surface area (Å²) < 4.78 is 0. The molecule has 1 amide bonds. The van der Waals surface area contributed by atoms with E-state index in [9.17, 15) is 20.1 Å². The van der Waals surface area contributed by atoms with E-state index in [1.165, 1.54) is 29.5 Å². The lowest BCUT2D eigenvalue weighted by Gasteiger charge is -2.03. The van der Waals surface area contributed by atoms with Crippen LogP contribution in [0, 0.1) is 13.8 Å². The first-order valence-corrected chi connectivity index (χ1v) is 9.47. The molecule has 0 aliphatic rings. The predicted molar refractivity (Wildman–Crippen MR) is 118 cm³/mol. The van der Waals surface area contributed by atoms with Crippen LogP contribution in [-0.4, -0.2) is 37.4 Å². The number of phenols is 3. The molecule has 5 N–H and O–H groups in total. The maximum Gasteiger partial charge on any atom is 0.271 e. The number of fused-ring (bicyclic) bond motifs is 1. The Morgan fingerprint density at radius 1 is 1.00 bits per heavy atom. The van der Waals surface area contributed by atoms with Crippen molar-refractivity contribution in [2.45, 2.75) is 13.8 Å². The van der Waals surface area contributed by atoms with E-state index in [0.29, 0.717) is 11.1 Å². The van der Waals surface area contributed by atoms with Crippen LogP contribution in [0.25, 0.3) is 22.4 Å². The van der Waals surface area contributed by atoms with E-state index in [4.69, 9.17) is 0 Å². The minimum Gasteiger partial charge on any atom is -0.504 e. The van der Waals surface area contributed by atoms with Crippen LogP contribution in [0.3, 0.4) is 0 Å². The smallest absolute Gasteiger partial charge is 0.271 e. The highest BCUT2D eigenvalue weighted by molar-refractivity contribution is 5.95. The molecule has 0 saturated carbocycles. The molecule has 1 aromatic heterocycles. The molecular weight excluding hydrogens is 396 g/mol. The van der Waals surface area contributed by atoms with E-state index in [2.05, 4.69) is 33.5 Å². The van der Waals surface area contributed by atoms with Crippen molar-refractivity contribution in [2.75, 3.05) is 0 Å². The summed E-state index contributed by atoms with van der Waals surface area (Å²) in [5.41, 5.74) is 8.14. The van der Waals surface area contributed by atoms with Crippen LogP contribution in [-0.2, 0) is 0 Å². The molecule has 4 aromatic rings. The van der Waals surface area contributed by atoms with E-state index in [1.807, 2.05) is 13.0 Å². The maximum absolute atomic E-state index is 12.3. The number of aromatic hydroxyl groups is 3. The van der Waals surface area contributed by atoms with E-state index in [-0.39, 0.29) is 0 Å².